The van der Waals surface area contributed by atoms with Gasteiger partial charge in [-0.3, -0.25) is 4.98 Å². The molecule has 1 aromatic heterocycles. The summed E-state index contributed by atoms with van der Waals surface area (Å²) in [5, 5.41) is 0. The van der Waals surface area contributed by atoms with Gasteiger partial charge in [0.15, 0.2) is 0 Å². The SMILES string of the molecule is C/C(N)=C/C(=O)OCCOC/C(C)=C/c1ccc(Cc2cccnc2)cc1. The summed E-state index contributed by atoms with van der Waals surface area (Å²) in [6.07, 6.45) is 7.88. The molecule has 2 aromatic rings. The molecule has 27 heavy (non-hydrogen) atoms. The minimum atomic E-state index is -0.447. The number of pyridine rings is 1. The Hall–Kier alpha value is -2.92. The van der Waals surface area contributed by atoms with E-state index in [0.29, 0.717) is 18.9 Å². The Bertz CT molecular complexity index is 777. The van der Waals surface area contributed by atoms with Crippen LogP contribution in [0.1, 0.15) is 30.5 Å². The molecule has 1 heterocycles. The van der Waals surface area contributed by atoms with Crippen molar-refractivity contribution in [2.75, 3.05) is 19.8 Å². The molecule has 0 atom stereocenters. The van der Waals surface area contributed by atoms with Crippen LogP contribution in [0, 0.1) is 0 Å². The van der Waals surface area contributed by atoms with Gasteiger partial charge in [0, 0.05) is 24.2 Å². The van der Waals surface area contributed by atoms with Crippen LogP contribution in [0.2, 0.25) is 0 Å². The van der Waals surface area contributed by atoms with E-state index in [1.165, 1.54) is 17.2 Å². The summed E-state index contributed by atoms with van der Waals surface area (Å²) in [5.41, 5.74) is 10.5. The lowest BCUT2D eigenvalue weighted by molar-refractivity contribution is -0.139. The van der Waals surface area contributed by atoms with E-state index >= 15 is 0 Å². The average molecular weight is 366 g/mol. The van der Waals surface area contributed by atoms with E-state index in [-0.39, 0.29) is 6.61 Å². The second-order valence-electron chi connectivity index (χ2n) is 6.38. The monoisotopic (exact) mass is 366 g/mol. The van der Waals surface area contributed by atoms with Gasteiger partial charge < -0.3 is 15.2 Å². The number of aromatic nitrogens is 1. The number of allylic oxidation sites excluding steroid dienone is 1. The number of esters is 1. The molecule has 0 unspecified atom stereocenters. The third-order valence-corrected chi connectivity index (χ3v) is 3.67. The van der Waals surface area contributed by atoms with Crippen LogP contribution in [-0.2, 0) is 20.7 Å². The summed E-state index contributed by atoms with van der Waals surface area (Å²) in [6, 6.07) is 12.5. The zero-order valence-electron chi connectivity index (χ0n) is 15.9. The number of ether oxygens (including phenoxy) is 2. The topological polar surface area (TPSA) is 74.4 Å². The number of rotatable bonds is 9. The van der Waals surface area contributed by atoms with Crippen molar-refractivity contribution in [2.24, 2.45) is 5.73 Å². The Balaban J connectivity index is 1.73. The Morgan fingerprint density at radius 1 is 1.11 bits per heavy atom. The van der Waals surface area contributed by atoms with E-state index in [1.807, 2.05) is 19.2 Å². The summed E-state index contributed by atoms with van der Waals surface area (Å²) in [6.45, 7) is 4.69. The van der Waals surface area contributed by atoms with Crippen molar-refractivity contribution < 1.29 is 14.3 Å². The van der Waals surface area contributed by atoms with Crippen LogP contribution < -0.4 is 5.73 Å². The van der Waals surface area contributed by atoms with E-state index in [1.54, 1.807) is 13.1 Å². The van der Waals surface area contributed by atoms with Crippen LogP contribution in [0.25, 0.3) is 6.08 Å². The first-order valence-corrected chi connectivity index (χ1v) is 8.86. The fourth-order valence-electron chi connectivity index (χ4n) is 2.46. The molecule has 0 radical (unpaired) electrons. The van der Waals surface area contributed by atoms with E-state index < -0.39 is 5.97 Å². The highest BCUT2D eigenvalue weighted by atomic mass is 16.6. The van der Waals surface area contributed by atoms with Crippen molar-refractivity contribution in [1.82, 2.24) is 4.98 Å². The maximum absolute atomic E-state index is 11.3. The molecule has 2 N–H and O–H groups in total. The first kappa shape index (κ1) is 20.4. The van der Waals surface area contributed by atoms with Gasteiger partial charge in [-0.2, -0.15) is 0 Å². The molecule has 0 saturated heterocycles. The Kier molecular flexibility index (Phi) is 8.26. The van der Waals surface area contributed by atoms with Gasteiger partial charge in [0.25, 0.3) is 0 Å². The highest BCUT2D eigenvalue weighted by Crippen LogP contribution is 2.12. The van der Waals surface area contributed by atoms with E-state index in [4.69, 9.17) is 15.2 Å². The van der Waals surface area contributed by atoms with Gasteiger partial charge in [0.1, 0.15) is 6.61 Å². The molecule has 0 aliphatic rings. The summed E-state index contributed by atoms with van der Waals surface area (Å²) < 4.78 is 10.5. The fourth-order valence-corrected chi connectivity index (χ4v) is 2.46. The summed E-state index contributed by atoms with van der Waals surface area (Å²) in [7, 11) is 0. The van der Waals surface area contributed by atoms with Crippen molar-refractivity contribution in [1.29, 1.82) is 0 Å². The van der Waals surface area contributed by atoms with Gasteiger partial charge in [0.2, 0.25) is 0 Å². The molecule has 2 rings (SSSR count). The molecule has 0 saturated carbocycles. The van der Waals surface area contributed by atoms with Crippen molar-refractivity contribution in [3.05, 3.63) is 82.8 Å². The molecule has 5 nitrogen and oxygen atoms in total. The third-order valence-electron chi connectivity index (χ3n) is 3.67. The summed E-state index contributed by atoms with van der Waals surface area (Å²) >= 11 is 0. The normalized spacial score (nSPS) is 12.1. The average Bonchev–Trinajstić information content (AvgIpc) is 2.63. The van der Waals surface area contributed by atoms with Crippen LogP contribution >= 0.6 is 0 Å². The second-order valence-corrected chi connectivity index (χ2v) is 6.38. The highest BCUT2D eigenvalue weighted by molar-refractivity contribution is 5.82. The Labute approximate surface area is 160 Å². The number of nitrogens with two attached hydrogens (primary N) is 1. The molecule has 0 spiro atoms. The molecule has 5 heteroatoms. The van der Waals surface area contributed by atoms with Crippen LogP contribution in [0.4, 0.5) is 0 Å². The van der Waals surface area contributed by atoms with Gasteiger partial charge in [-0.1, -0.05) is 36.4 Å². The first-order chi connectivity index (χ1) is 13.0. The Morgan fingerprint density at radius 2 is 1.89 bits per heavy atom. The number of benzene rings is 1. The van der Waals surface area contributed by atoms with Gasteiger partial charge >= 0.3 is 5.97 Å². The lowest BCUT2D eigenvalue weighted by Gasteiger charge is -2.06. The zero-order chi connectivity index (χ0) is 19.5. The van der Waals surface area contributed by atoms with Gasteiger partial charge in [0.05, 0.1) is 13.2 Å². The third kappa shape index (κ3) is 8.33. The minimum Gasteiger partial charge on any atom is -0.460 e. The maximum atomic E-state index is 11.3. The lowest BCUT2D eigenvalue weighted by Crippen LogP contribution is -2.10. The Morgan fingerprint density at radius 3 is 2.56 bits per heavy atom. The van der Waals surface area contributed by atoms with Crippen molar-refractivity contribution in [3.63, 3.8) is 0 Å². The zero-order valence-corrected chi connectivity index (χ0v) is 15.9. The quantitative estimate of drug-likeness (QED) is 0.418. The number of carbonyl (C=O) groups is 1. The molecular formula is C22H26N2O3. The summed E-state index contributed by atoms with van der Waals surface area (Å²) in [5.74, 6) is -0.447. The van der Waals surface area contributed by atoms with E-state index in [0.717, 1.165) is 17.6 Å². The minimum absolute atomic E-state index is 0.207. The van der Waals surface area contributed by atoms with Crippen LogP contribution in [0.5, 0.6) is 0 Å². The van der Waals surface area contributed by atoms with Crippen molar-refractivity contribution in [3.8, 4) is 0 Å². The molecule has 0 aliphatic heterocycles. The number of carbonyl (C=O) groups excluding carboxylic acids is 1. The lowest BCUT2D eigenvalue weighted by atomic mass is 10.0. The van der Waals surface area contributed by atoms with Crippen LogP contribution in [-0.4, -0.2) is 30.8 Å². The standard InChI is InChI=1S/C22H26N2O3/c1-17(16-26-10-11-27-22(25)13-18(2)23)12-19-5-7-20(8-6-19)14-21-4-3-9-24-15-21/h3-9,12-13,15H,10-11,14,16,23H2,1-2H3/b17-12+,18-13-. The number of nitrogens with zero attached hydrogens (tertiary/aromatic N) is 1. The smallest absolute Gasteiger partial charge is 0.332 e. The van der Waals surface area contributed by atoms with Gasteiger partial charge in [-0.25, -0.2) is 4.79 Å². The molecule has 1 aromatic carbocycles. The molecule has 0 bridgehead atoms. The van der Waals surface area contributed by atoms with Gasteiger partial charge in [-0.05, 0) is 48.6 Å². The predicted octanol–water partition coefficient (Wildman–Crippen LogP) is 3.50. The van der Waals surface area contributed by atoms with Crippen molar-refractivity contribution in [2.45, 2.75) is 20.3 Å². The van der Waals surface area contributed by atoms with Crippen LogP contribution in [0.15, 0.2) is 66.1 Å². The molecule has 0 amide bonds. The summed E-state index contributed by atoms with van der Waals surface area (Å²) in [4.78, 5) is 15.4. The predicted molar refractivity (Wildman–Crippen MR) is 107 cm³/mol. The largest absolute Gasteiger partial charge is 0.460 e. The van der Waals surface area contributed by atoms with Gasteiger partial charge in [-0.15, -0.1) is 0 Å². The maximum Gasteiger partial charge on any atom is 0.332 e. The second kappa shape index (κ2) is 10.9. The van der Waals surface area contributed by atoms with Crippen molar-refractivity contribution >= 4 is 12.0 Å². The molecular weight excluding hydrogens is 340 g/mol. The number of hydrogen-bond donors (Lipinski definition) is 1. The first-order valence-electron chi connectivity index (χ1n) is 8.86. The van der Waals surface area contributed by atoms with E-state index in [9.17, 15) is 4.79 Å². The highest BCUT2D eigenvalue weighted by Gasteiger charge is 1.99. The van der Waals surface area contributed by atoms with Crippen LogP contribution in [0.3, 0.4) is 0 Å². The number of hydrogen-bond acceptors (Lipinski definition) is 5. The van der Waals surface area contributed by atoms with E-state index in [2.05, 4.69) is 41.4 Å². The fraction of sp³-hybridized carbons (Fsp3) is 0.273. The molecule has 0 aliphatic carbocycles. The molecule has 142 valence electrons. The molecule has 0 fully saturated rings.